The lowest BCUT2D eigenvalue weighted by Gasteiger charge is -2.33. The fourth-order valence-electron chi connectivity index (χ4n) is 2.72. The largest absolute Gasteiger partial charge is 0.329 e. The highest BCUT2D eigenvalue weighted by atomic mass is 15.4. The molecule has 0 amide bonds. The van der Waals surface area contributed by atoms with Gasteiger partial charge in [0, 0.05) is 25.3 Å². The average Bonchev–Trinajstić information content (AvgIpc) is 2.78. The van der Waals surface area contributed by atoms with E-state index in [9.17, 15) is 0 Å². The van der Waals surface area contributed by atoms with Gasteiger partial charge in [0.25, 0.3) is 0 Å². The minimum absolute atomic E-state index is 0.610. The molecule has 2 N–H and O–H groups in total. The van der Waals surface area contributed by atoms with Gasteiger partial charge in [0.2, 0.25) is 0 Å². The van der Waals surface area contributed by atoms with Gasteiger partial charge in [-0.1, -0.05) is 12.1 Å². The number of nitrogens with two attached hydrogens (primary N) is 1. The van der Waals surface area contributed by atoms with Crippen LogP contribution in [0.4, 0.5) is 0 Å². The van der Waals surface area contributed by atoms with Crippen molar-refractivity contribution in [1.82, 2.24) is 19.9 Å². The van der Waals surface area contributed by atoms with E-state index < -0.39 is 0 Å². The lowest BCUT2D eigenvalue weighted by atomic mass is 9.87. The molecule has 0 atom stereocenters. The van der Waals surface area contributed by atoms with Crippen molar-refractivity contribution in [2.24, 2.45) is 11.7 Å². The number of nitrogens with zero attached hydrogens (tertiary/aromatic N) is 4. The van der Waals surface area contributed by atoms with E-state index in [0.717, 1.165) is 24.7 Å². The highest BCUT2D eigenvalue weighted by Gasteiger charge is 2.22. The van der Waals surface area contributed by atoms with Crippen molar-refractivity contribution in [3.63, 3.8) is 0 Å². The molecule has 0 unspecified atom stereocenters. The summed E-state index contributed by atoms with van der Waals surface area (Å²) in [7, 11) is 2.20. The number of hydrogen-bond donors (Lipinski definition) is 1. The van der Waals surface area contributed by atoms with Gasteiger partial charge in [-0.15, -0.1) is 5.10 Å². The number of rotatable bonds is 5. The van der Waals surface area contributed by atoms with Crippen molar-refractivity contribution in [3.05, 3.63) is 11.9 Å². The molecule has 0 bridgehead atoms. The lowest BCUT2D eigenvalue weighted by molar-refractivity contribution is 0.162. The summed E-state index contributed by atoms with van der Waals surface area (Å²) in [6.45, 7) is 4.61. The highest BCUT2D eigenvalue weighted by molar-refractivity contribution is 4.93. The topological polar surface area (TPSA) is 60.0 Å². The molecule has 0 radical (unpaired) electrons. The predicted octanol–water partition coefficient (Wildman–Crippen LogP) is 1.25. The smallest absolute Gasteiger partial charge is 0.0967 e. The third-order valence-corrected chi connectivity index (χ3v) is 3.96. The predicted molar refractivity (Wildman–Crippen MR) is 72.0 cm³/mol. The second-order valence-electron chi connectivity index (χ2n) is 5.59. The maximum atomic E-state index is 5.50. The molecule has 18 heavy (non-hydrogen) atoms. The average molecular weight is 251 g/mol. The summed E-state index contributed by atoms with van der Waals surface area (Å²) in [6, 6.07) is 0.709. The molecule has 102 valence electrons. The van der Waals surface area contributed by atoms with Gasteiger partial charge in [0.05, 0.1) is 12.2 Å². The summed E-state index contributed by atoms with van der Waals surface area (Å²) in [5.74, 6) is 0.903. The normalized spacial score (nSPS) is 24.7. The van der Waals surface area contributed by atoms with Crippen molar-refractivity contribution in [1.29, 1.82) is 0 Å². The summed E-state index contributed by atoms with van der Waals surface area (Å²) >= 11 is 0. The van der Waals surface area contributed by atoms with E-state index in [1.165, 1.54) is 25.7 Å². The van der Waals surface area contributed by atoms with E-state index in [0.29, 0.717) is 12.6 Å². The molecule has 1 aromatic heterocycles. The molecule has 1 aromatic rings. The van der Waals surface area contributed by atoms with Crippen LogP contribution in [0.3, 0.4) is 0 Å². The van der Waals surface area contributed by atoms with Gasteiger partial charge in [-0.3, -0.25) is 9.58 Å². The molecule has 1 aliphatic rings. The molecule has 5 heteroatoms. The van der Waals surface area contributed by atoms with Crippen molar-refractivity contribution in [2.45, 2.75) is 51.7 Å². The van der Waals surface area contributed by atoms with Gasteiger partial charge in [-0.25, -0.2) is 0 Å². The van der Waals surface area contributed by atoms with E-state index >= 15 is 0 Å². The highest BCUT2D eigenvalue weighted by Crippen LogP contribution is 2.26. The number of hydrogen-bond acceptors (Lipinski definition) is 4. The van der Waals surface area contributed by atoms with E-state index in [4.69, 9.17) is 5.73 Å². The Morgan fingerprint density at radius 1 is 1.39 bits per heavy atom. The zero-order valence-corrected chi connectivity index (χ0v) is 11.5. The van der Waals surface area contributed by atoms with Crippen LogP contribution in [0.5, 0.6) is 0 Å². The summed E-state index contributed by atoms with van der Waals surface area (Å²) in [5.41, 5.74) is 6.55. The minimum atomic E-state index is 0.610. The second-order valence-corrected chi connectivity index (χ2v) is 5.59. The molecule has 0 saturated heterocycles. The van der Waals surface area contributed by atoms with E-state index in [1.54, 1.807) is 0 Å². The molecule has 0 aliphatic heterocycles. The molecule has 1 saturated carbocycles. The molecular weight excluding hydrogens is 226 g/mol. The van der Waals surface area contributed by atoms with E-state index in [-0.39, 0.29) is 0 Å². The summed E-state index contributed by atoms with van der Waals surface area (Å²) < 4.78 is 1.83. The van der Waals surface area contributed by atoms with Crippen LogP contribution in [-0.2, 0) is 13.1 Å². The maximum absolute atomic E-state index is 5.50. The molecule has 5 nitrogen and oxygen atoms in total. The standard InChI is InChI=1S/C13H25N5/c1-11-3-5-13(6-4-11)17(2)9-12-10-18(8-7-14)16-15-12/h10-11,13H,3-9,14H2,1-2H3. The fourth-order valence-corrected chi connectivity index (χ4v) is 2.72. The van der Waals surface area contributed by atoms with Gasteiger partial charge >= 0.3 is 0 Å². The summed E-state index contributed by atoms with van der Waals surface area (Å²) in [4.78, 5) is 2.42. The molecule has 1 aliphatic carbocycles. The van der Waals surface area contributed by atoms with E-state index in [1.807, 2.05) is 10.9 Å². The Morgan fingerprint density at radius 3 is 2.78 bits per heavy atom. The molecule has 0 spiro atoms. The summed E-state index contributed by atoms with van der Waals surface area (Å²) in [5, 5.41) is 8.28. The first-order valence-corrected chi connectivity index (χ1v) is 6.98. The van der Waals surface area contributed by atoms with Crippen LogP contribution in [0.25, 0.3) is 0 Å². The third-order valence-electron chi connectivity index (χ3n) is 3.96. The van der Waals surface area contributed by atoms with Crippen LogP contribution in [0.1, 0.15) is 38.3 Å². The van der Waals surface area contributed by atoms with Gasteiger partial charge in [-0.05, 0) is 38.6 Å². The molecule has 0 aromatic carbocycles. The zero-order chi connectivity index (χ0) is 13.0. The van der Waals surface area contributed by atoms with E-state index in [2.05, 4.69) is 29.2 Å². The fraction of sp³-hybridized carbons (Fsp3) is 0.846. The zero-order valence-electron chi connectivity index (χ0n) is 11.5. The first-order chi connectivity index (χ1) is 8.69. The van der Waals surface area contributed by atoms with Gasteiger partial charge in [0.1, 0.15) is 0 Å². The number of aromatic nitrogens is 3. The Balaban J connectivity index is 1.84. The van der Waals surface area contributed by atoms with Crippen molar-refractivity contribution < 1.29 is 0 Å². The SMILES string of the molecule is CC1CCC(N(C)Cc2cn(CCN)nn2)CC1. The monoisotopic (exact) mass is 251 g/mol. The van der Waals surface area contributed by atoms with Crippen LogP contribution < -0.4 is 5.73 Å². The molecule has 2 rings (SSSR count). The van der Waals surface area contributed by atoms with Crippen molar-refractivity contribution >= 4 is 0 Å². The Kier molecular flexibility index (Phi) is 4.72. The van der Waals surface area contributed by atoms with Crippen LogP contribution in [0.2, 0.25) is 0 Å². The van der Waals surface area contributed by atoms with Crippen LogP contribution in [0, 0.1) is 5.92 Å². The Labute approximate surface area is 109 Å². The van der Waals surface area contributed by atoms with Gasteiger partial charge in [-0.2, -0.15) is 0 Å². The summed E-state index contributed by atoms with van der Waals surface area (Å²) in [6.07, 6.45) is 7.35. The molecule has 1 fully saturated rings. The van der Waals surface area contributed by atoms with Gasteiger partial charge in [0.15, 0.2) is 0 Å². The Hall–Kier alpha value is -0.940. The third kappa shape index (κ3) is 3.53. The Morgan fingerprint density at radius 2 is 2.11 bits per heavy atom. The van der Waals surface area contributed by atoms with Crippen LogP contribution in [0.15, 0.2) is 6.20 Å². The lowest BCUT2D eigenvalue weighted by Crippen LogP contribution is -2.34. The van der Waals surface area contributed by atoms with Crippen LogP contribution in [-0.4, -0.2) is 39.5 Å². The van der Waals surface area contributed by atoms with Gasteiger partial charge < -0.3 is 5.73 Å². The minimum Gasteiger partial charge on any atom is -0.329 e. The van der Waals surface area contributed by atoms with Crippen LogP contribution >= 0.6 is 0 Å². The Bertz CT molecular complexity index is 354. The first kappa shape index (κ1) is 13.5. The second kappa shape index (κ2) is 6.29. The maximum Gasteiger partial charge on any atom is 0.0967 e. The molecular formula is C13H25N5. The van der Waals surface area contributed by atoms with Crippen molar-refractivity contribution in [3.8, 4) is 0 Å². The molecule has 1 heterocycles. The first-order valence-electron chi connectivity index (χ1n) is 6.98. The van der Waals surface area contributed by atoms with Crippen molar-refractivity contribution in [2.75, 3.05) is 13.6 Å². The quantitative estimate of drug-likeness (QED) is 0.855.